The van der Waals surface area contributed by atoms with Gasteiger partial charge in [0.2, 0.25) is 0 Å². The average Bonchev–Trinajstić information content (AvgIpc) is 2.78. The second-order valence-corrected chi connectivity index (χ2v) is 10.2. The van der Waals surface area contributed by atoms with Crippen LogP contribution in [0.1, 0.15) is 37.9 Å². The maximum atomic E-state index is 14.3. The molecule has 36 heavy (non-hydrogen) atoms. The summed E-state index contributed by atoms with van der Waals surface area (Å²) in [7, 11) is 1.75. The maximum Gasteiger partial charge on any atom is 0.163 e. The van der Waals surface area contributed by atoms with Gasteiger partial charge in [-0.05, 0) is 58.9 Å². The van der Waals surface area contributed by atoms with E-state index in [1.54, 1.807) is 32.2 Å². The molecule has 4 rings (SSSR count). The normalized spacial score (nSPS) is 19.9. The van der Waals surface area contributed by atoms with Gasteiger partial charge >= 0.3 is 0 Å². The molecule has 1 spiro atoms. The SMILES string of the molecule is CNC[C@@H](O)COc1ccc(Cl)c(-c2nc(/C(C(C)=N)=C(\C)O)c(C)c(N3CC4(CCC4F)C3)n2)c1. The molecule has 0 radical (unpaired) electrons. The van der Waals surface area contributed by atoms with Crippen LogP contribution in [0.25, 0.3) is 17.0 Å². The number of nitrogens with zero attached hydrogens (tertiary/aromatic N) is 3. The lowest BCUT2D eigenvalue weighted by atomic mass is 9.62. The van der Waals surface area contributed by atoms with Crippen LogP contribution >= 0.6 is 11.6 Å². The largest absolute Gasteiger partial charge is 0.512 e. The van der Waals surface area contributed by atoms with Gasteiger partial charge in [-0.3, -0.25) is 0 Å². The molecule has 8 nitrogen and oxygen atoms in total. The van der Waals surface area contributed by atoms with Crippen molar-refractivity contribution >= 4 is 28.7 Å². The number of alkyl halides is 1. The summed E-state index contributed by atoms with van der Waals surface area (Å²) in [6, 6.07) is 5.09. The van der Waals surface area contributed by atoms with E-state index in [9.17, 15) is 14.6 Å². The molecule has 0 bridgehead atoms. The number of aliphatic hydroxyl groups is 2. The lowest BCUT2D eigenvalue weighted by molar-refractivity contribution is -0.0272. The van der Waals surface area contributed by atoms with E-state index in [-0.39, 0.29) is 23.5 Å². The summed E-state index contributed by atoms with van der Waals surface area (Å²) in [5.41, 5.74) is 1.83. The fourth-order valence-corrected chi connectivity index (χ4v) is 5.13. The van der Waals surface area contributed by atoms with Crippen LogP contribution in [-0.4, -0.2) is 71.5 Å². The third-order valence-corrected chi connectivity index (χ3v) is 7.36. The molecule has 0 amide bonds. The average molecular weight is 518 g/mol. The predicted octanol–water partition coefficient (Wildman–Crippen LogP) is 4.33. The molecule has 1 aliphatic heterocycles. The first-order valence-electron chi connectivity index (χ1n) is 12.0. The number of hydrogen-bond donors (Lipinski definition) is 4. The Bertz CT molecular complexity index is 1190. The summed E-state index contributed by atoms with van der Waals surface area (Å²) in [5.74, 6) is 1.41. The lowest BCUT2D eigenvalue weighted by Crippen LogP contribution is -2.66. The predicted molar refractivity (Wildman–Crippen MR) is 140 cm³/mol. The van der Waals surface area contributed by atoms with Crippen molar-refractivity contribution in [2.45, 2.75) is 45.9 Å². The monoisotopic (exact) mass is 517 g/mol. The van der Waals surface area contributed by atoms with Crippen molar-refractivity contribution in [3.05, 3.63) is 40.2 Å². The molecular weight excluding hydrogens is 485 g/mol. The van der Waals surface area contributed by atoms with Crippen LogP contribution in [0.2, 0.25) is 5.02 Å². The highest BCUT2D eigenvalue weighted by molar-refractivity contribution is 6.33. The summed E-state index contributed by atoms with van der Waals surface area (Å²) < 4.78 is 20.0. The van der Waals surface area contributed by atoms with E-state index in [0.717, 1.165) is 6.42 Å². The zero-order valence-corrected chi connectivity index (χ0v) is 21.8. The number of likely N-dealkylation sites (N-methyl/N-ethyl adjacent to an activating group) is 1. The van der Waals surface area contributed by atoms with Crippen LogP contribution < -0.4 is 15.0 Å². The molecule has 194 valence electrons. The van der Waals surface area contributed by atoms with Gasteiger partial charge in [0.15, 0.2) is 5.82 Å². The highest BCUT2D eigenvalue weighted by Crippen LogP contribution is 2.52. The number of anilines is 1. The van der Waals surface area contributed by atoms with Gasteiger partial charge in [-0.1, -0.05) is 11.6 Å². The van der Waals surface area contributed by atoms with E-state index in [2.05, 4.69) is 5.32 Å². The Morgan fingerprint density at radius 2 is 2.08 bits per heavy atom. The molecule has 1 aliphatic carbocycles. The van der Waals surface area contributed by atoms with Gasteiger partial charge in [0.25, 0.3) is 0 Å². The summed E-state index contributed by atoms with van der Waals surface area (Å²) in [6.45, 7) is 6.57. The summed E-state index contributed by atoms with van der Waals surface area (Å²) in [4.78, 5) is 11.6. The van der Waals surface area contributed by atoms with Crippen LogP contribution in [-0.2, 0) is 0 Å². The van der Waals surface area contributed by atoms with E-state index in [1.807, 2.05) is 11.8 Å². The highest BCUT2D eigenvalue weighted by atomic mass is 35.5. The first-order chi connectivity index (χ1) is 17.1. The number of halogens is 2. The molecular formula is C26H33ClFN5O3. The Hall–Kier alpha value is -2.75. The molecule has 1 unspecified atom stereocenters. The topological polar surface area (TPSA) is 115 Å². The summed E-state index contributed by atoms with van der Waals surface area (Å²) in [6.07, 6.45) is -0.0134. The molecule has 4 N–H and O–H groups in total. The molecule has 1 aromatic heterocycles. The molecule has 1 saturated carbocycles. The van der Waals surface area contributed by atoms with Crippen LogP contribution in [0.15, 0.2) is 24.0 Å². The Morgan fingerprint density at radius 1 is 1.36 bits per heavy atom. The zero-order chi connectivity index (χ0) is 26.2. The summed E-state index contributed by atoms with van der Waals surface area (Å²) >= 11 is 6.55. The molecule has 1 aromatic carbocycles. The molecule has 2 aromatic rings. The second-order valence-electron chi connectivity index (χ2n) is 9.82. The van der Waals surface area contributed by atoms with Crippen LogP contribution in [0.3, 0.4) is 0 Å². The molecule has 2 fully saturated rings. The van der Waals surface area contributed by atoms with Crippen LogP contribution in [0.5, 0.6) is 5.75 Å². The minimum Gasteiger partial charge on any atom is -0.512 e. The zero-order valence-electron chi connectivity index (χ0n) is 21.0. The van der Waals surface area contributed by atoms with Gasteiger partial charge < -0.3 is 30.6 Å². The molecule has 2 heterocycles. The van der Waals surface area contributed by atoms with Gasteiger partial charge in [-0.2, -0.15) is 0 Å². The number of benzene rings is 1. The fraction of sp³-hybridized carbons (Fsp3) is 0.500. The number of nitrogens with one attached hydrogen (secondary N) is 2. The quantitative estimate of drug-likeness (QED) is 0.289. The van der Waals surface area contributed by atoms with Crippen molar-refractivity contribution < 1.29 is 19.3 Å². The fourth-order valence-electron chi connectivity index (χ4n) is 4.93. The van der Waals surface area contributed by atoms with Gasteiger partial charge in [-0.25, -0.2) is 14.4 Å². The Morgan fingerprint density at radius 3 is 2.64 bits per heavy atom. The van der Waals surface area contributed by atoms with Crippen molar-refractivity contribution in [2.75, 3.05) is 38.2 Å². The third kappa shape index (κ3) is 4.92. The number of ether oxygens (including phenoxy) is 1. The number of aromatic nitrogens is 2. The highest BCUT2D eigenvalue weighted by Gasteiger charge is 2.56. The Balaban J connectivity index is 1.76. The van der Waals surface area contributed by atoms with Crippen molar-refractivity contribution in [3.8, 4) is 17.1 Å². The number of rotatable bonds is 9. The van der Waals surface area contributed by atoms with Crippen LogP contribution in [0, 0.1) is 17.7 Å². The van der Waals surface area contributed by atoms with E-state index < -0.39 is 12.3 Å². The molecule has 10 heteroatoms. The number of allylic oxidation sites excluding steroid dienone is 2. The van der Waals surface area contributed by atoms with Gasteiger partial charge in [0.1, 0.15) is 36.2 Å². The van der Waals surface area contributed by atoms with Crippen LogP contribution in [0.4, 0.5) is 10.2 Å². The summed E-state index contributed by atoms with van der Waals surface area (Å²) in [5, 5.41) is 31.9. The van der Waals surface area contributed by atoms with Crippen molar-refractivity contribution in [3.63, 3.8) is 0 Å². The van der Waals surface area contributed by atoms with E-state index in [4.69, 9.17) is 31.7 Å². The smallest absolute Gasteiger partial charge is 0.163 e. The Labute approximate surface area is 215 Å². The first kappa shape index (κ1) is 26.3. The minimum absolute atomic E-state index is 0.0224. The van der Waals surface area contributed by atoms with Crippen molar-refractivity contribution in [1.82, 2.24) is 15.3 Å². The molecule has 1 saturated heterocycles. The van der Waals surface area contributed by atoms with E-state index >= 15 is 0 Å². The maximum absolute atomic E-state index is 14.3. The molecule has 2 aliphatic rings. The molecule has 2 atom stereocenters. The minimum atomic E-state index is -0.796. The van der Waals surface area contributed by atoms with Crippen molar-refractivity contribution in [1.29, 1.82) is 5.41 Å². The first-order valence-corrected chi connectivity index (χ1v) is 12.4. The van der Waals surface area contributed by atoms with Gasteiger partial charge in [-0.15, -0.1) is 0 Å². The van der Waals surface area contributed by atoms with Gasteiger partial charge in [0.05, 0.1) is 16.3 Å². The second kappa shape index (κ2) is 10.3. The van der Waals surface area contributed by atoms with E-state index in [1.165, 1.54) is 6.92 Å². The standard InChI is InChI=1S/C26H33ClFN5O3/c1-14-23(22(15(2)29)16(3)34)31-24(32-25(14)33-12-26(13-33)8-7-21(26)28)19-9-18(5-6-20(19)27)36-11-17(35)10-30-4/h5-6,9,17,21,29-30,34-35H,7-8,10-13H2,1-4H3/b22-16+,29-15?/t17-,21?/m1/s1. The Kier molecular flexibility index (Phi) is 7.54. The number of hydrogen-bond acceptors (Lipinski definition) is 8. The number of aliphatic hydroxyl groups excluding tert-OH is 2. The third-order valence-electron chi connectivity index (χ3n) is 7.03. The van der Waals surface area contributed by atoms with E-state index in [0.29, 0.717) is 70.9 Å². The lowest BCUT2D eigenvalue weighted by Gasteiger charge is -2.58. The van der Waals surface area contributed by atoms with Gasteiger partial charge in [0, 0.05) is 41.9 Å². The van der Waals surface area contributed by atoms with Crippen molar-refractivity contribution in [2.24, 2.45) is 5.41 Å².